The number of hydrogen-bond donors (Lipinski definition) is 1. The minimum absolute atomic E-state index is 0.0540. The summed E-state index contributed by atoms with van der Waals surface area (Å²) in [5.74, 6) is 0.641. The summed E-state index contributed by atoms with van der Waals surface area (Å²) in [5.41, 5.74) is 5.56. The molecular weight excluding hydrogens is 194 g/mol. The molecule has 1 rings (SSSR count). The summed E-state index contributed by atoms with van der Waals surface area (Å²) in [7, 11) is 1.52. The monoisotopic (exact) mass is 209 g/mol. The van der Waals surface area contributed by atoms with Crippen LogP contribution in [0.2, 0.25) is 0 Å². The van der Waals surface area contributed by atoms with Gasteiger partial charge in [0.15, 0.2) is 11.5 Å². The van der Waals surface area contributed by atoms with E-state index in [9.17, 15) is 4.79 Å². The third-order valence-corrected chi connectivity index (χ3v) is 1.81. The molecule has 2 N–H and O–H groups in total. The van der Waals surface area contributed by atoms with Gasteiger partial charge in [-0.05, 0) is 32.0 Å². The minimum atomic E-state index is -0.482. The SMILES string of the molecule is COc1cc(C(N)=O)ccc1OC(C)C. The molecular formula is C11H15NO3. The zero-order chi connectivity index (χ0) is 11.4. The highest BCUT2D eigenvalue weighted by Gasteiger charge is 2.09. The van der Waals surface area contributed by atoms with Gasteiger partial charge in [0, 0.05) is 5.56 Å². The van der Waals surface area contributed by atoms with Crippen molar-refractivity contribution < 1.29 is 14.3 Å². The van der Waals surface area contributed by atoms with E-state index >= 15 is 0 Å². The molecule has 1 aromatic carbocycles. The van der Waals surface area contributed by atoms with Crippen molar-refractivity contribution in [2.75, 3.05) is 7.11 Å². The van der Waals surface area contributed by atoms with Gasteiger partial charge in [0.1, 0.15) is 0 Å². The quantitative estimate of drug-likeness (QED) is 0.818. The molecule has 0 saturated heterocycles. The minimum Gasteiger partial charge on any atom is -0.493 e. The van der Waals surface area contributed by atoms with Gasteiger partial charge in [-0.2, -0.15) is 0 Å². The zero-order valence-electron chi connectivity index (χ0n) is 9.11. The predicted molar refractivity (Wildman–Crippen MR) is 57.3 cm³/mol. The van der Waals surface area contributed by atoms with E-state index < -0.39 is 5.91 Å². The van der Waals surface area contributed by atoms with Crippen LogP contribution in [0.5, 0.6) is 11.5 Å². The van der Waals surface area contributed by atoms with E-state index in [1.54, 1.807) is 18.2 Å². The first-order valence-corrected chi connectivity index (χ1v) is 4.69. The molecule has 0 aliphatic carbocycles. The maximum Gasteiger partial charge on any atom is 0.248 e. The van der Waals surface area contributed by atoms with Crippen molar-refractivity contribution in [3.8, 4) is 11.5 Å². The summed E-state index contributed by atoms with van der Waals surface area (Å²) in [4.78, 5) is 10.9. The van der Waals surface area contributed by atoms with Gasteiger partial charge < -0.3 is 15.2 Å². The first kappa shape index (κ1) is 11.4. The summed E-state index contributed by atoms with van der Waals surface area (Å²) in [6.07, 6.45) is 0.0540. The Morgan fingerprint density at radius 1 is 1.33 bits per heavy atom. The highest BCUT2D eigenvalue weighted by Crippen LogP contribution is 2.28. The van der Waals surface area contributed by atoms with Crippen LogP contribution in [-0.2, 0) is 0 Å². The lowest BCUT2D eigenvalue weighted by Crippen LogP contribution is -2.12. The standard InChI is InChI=1S/C11H15NO3/c1-7(2)15-9-5-4-8(11(12)13)6-10(9)14-3/h4-7H,1-3H3,(H2,12,13). The van der Waals surface area contributed by atoms with Crippen LogP contribution in [0.25, 0.3) is 0 Å². The number of rotatable bonds is 4. The fourth-order valence-electron chi connectivity index (χ4n) is 1.17. The Bertz CT molecular complexity index is 361. The molecule has 1 aromatic rings. The van der Waals surface area contributed by atoms with Gasteiger partial charge in [-0.25, -0.2) is 0 Å². The molecule has 0 aromatic heterocycles. The molecule has 0 unspecified atom stereocenters. The third kappa shape index (κ3) is 2.87. The molecule has 0 radical (unpaired) electrons. The van der Waals surface area contributed by atoms with Crippen molar-refractivity contribution in [1.29, 1.82) is 0 Å². The highest BCUT2D eigenvalue weighted by atomic mass is 16.5. The Balaban J connectivity index is 3.03. The molecule has 15 heavy (non-hydrogen) atoms. The summed E-state index contributed by atoms with van der Waals surface area (Å²) < 4.78 is 10.6. The third-order valence-electron chi connectivity index (χ3n) is 1.81. The Hall–Kier alpha value is -1.71. The number of carbonyl (C=O) groups is 1. The number of hydrogen-bond acceptors (Lipinski definition) is 3. The smallest absolute Gasteiger partial charge is 0.248 e. The van der Waals surface area contributed by atoms with Crippen LogP contribution in [0.1, 0.15) is 24.2 Å². The molecule has 4 nitrogen and oxygen atoms in total. The molecule has 4 heteroatoms. The summed E-state index contributed by atoms with van der Waals surface area (Å²) >= 11 is 0. The predicted octanol–water partition coefficient (Wildman–Crippen LogP) is 1.58. The van der Waals surface area contributed by atoms with Gasteiger partial charge in [-0.1, -0.05) is 0 Å². The van der Waals surface area contributed by atoms with E-state index in [4.69, 9.17) is 15.2 Å². The van der Waals surface area contributed by atoms with E-state index in [-0.39, 0.29) is 6.10 Å². The average Bonchev–Trinajstić information content (AvgIpc) is 2.17. The maximum absolute atomic E-state index is 10.9. The van der Waals surface area contributed by atoms with Crippen LogP contribution >= 0.6 is 0 Å². The summed E-state index contributed by atoms with van der Waals surface area (Å²) in [6, 6.07) is 4.86. The maximum atomic E-state index is 10.9. The van der Waals surface area contributed by atoms with Gasteiger partial charge in [0.25, 0.3) is 0 Å². The van der Waals surface area contributed by atoms with Crippen LogP contribution in [0.3, 0.4) is 0 Å². The van der Waals surface area contributed by atoms with E-state index in [1.165, 1.54) is 7.11 Å². The fourth-order valence-corrected chi connectivity index (χ4v) is 1.17. The molecule has 0 spiro atoms. The normalized spacial score (nSPS) is 10.1. The largest absolute Gasteiger partial charge is 0.493 e. The van der Waals surface area contributed by atoms with Crippen molar-refractivity contribution in [3.63, 3.8) is 0 Å². The van der Waals surface area contributed by atoms with E-state index in [0.29, 0.717) is 17.1 Å². The van der Waals surface area contributed by atoms with Crippen molar-refractivity contribution in [1.82, 2.24) is 0 Å². The van der Waals surface area contributed by atoms with Crippen molar-refractivity contribution in [2.24, 2.45) is 5.73 Å². The lowest BCUT2D eigenvalue weighted by molar-refractivity contribution is 0.1000. The van der Waals surface area contributed by atoms with E-state index in [1.807, 2.05) is 13.8 Å². The van der Waals surface area contributed by atoms with Crippen LogP contribution < -0.4 is 15.2 Å². The van der Waals surface area contributed by atoms with Crippen molar-refractivity contribution >= 4 is 5.91 Å². The molecule has 0 heterocycles. The number of primary amides is 1. The molecule has 0 bridgehead atoms. The van der Waals surface area contributed by atoms with Crippen molar-refractivity contribution in [2.45, 2.75) is 20.0 Å². The molecule has 0 aliphatic rings. The van der Waals surface area contributed by atoms with Crippen molar-refractivity contribution in [3.05, 3.63) is 23.8 Å². The molecule has 0 fully saturated rings. The zero-order valence-corrected chi connectivity index (χ0v) is 9.11. The highest BCUT2D eigenvalue weighted by molar-refractivity contribution is 5.93. The second-order valence-corrected chi connectivity index (χ2v) is 3.40. The first-order valence-electron chi connectivity index (χ1n) is 4.69. The molecule has 0 atom stereocenters. The van der Waals surface area contributed by atoms with E-state index in [0.717, 1.165) is 0 Å². The summed E-state index contributed by atoms with van der Waals surface area (Å²) in [5, 5.41) is 0. The van der Waals surface area contributed by atoms with Gasteiger partial charge in [-0.3, -0.25) is 4.79 Å². The van der Waals surface area contributed by atoms with Crippen LogP contribution in [0, 0.1) is 0 Å². The lowest BCUT2D eigenvalue weighted by atomic mass is 10.2. The Kier molecular flexibility index (Phi) is 3.55. The van der Waals surface area contributed by atoms with Crippen LogP contribution in [0.4, 0.5) is 0 Å². The van der Waals surface area contributed by atoms with Gasteiger partial charge in [0.2, 0.25) is 5.91 Å². The number of methoxy groups -OCH3 is 1. The summed E-state index contributed by atoms with van der Waals surface area (Å²) in [6.45, 7) is 3.84. The van der Waals surface area contributed by atoms with Gasteiger partial charge in [-0.15, -0.1) is 0 Å². The first-order chi connectivity index (χ1) is 7.04. The molecule has 82 valence electrons. The Morgan fingerprint density at radius 3 is 2.47 bits per heavy atom. The Labute approximate surface area is 89.0 Å². The number of benzene rings is 1. The number of amides is 1. The molecule has 1 amide bonds. The lowest BCUT2D eigenvalue weighted by Gasteiger charge is -2.13. The van der Waals surface area contributed by atoms with Gasteiger partial charge in [0.05, 0.1) is 13.2 Å². The van der Waals surface area contributed by atoms with Crippen LogP contribution in [0.15, 0.2) is 18.2 Å². The average molecular weight is 209 g/mol. The Morgan fingerprint density at radius 2 is 2.00 bits per heavy atom. The topological polar surface area (TPSA) is 61.5 Å². The number of ether oxygens (including phenoxy) is 2. The van der Waals surface area contributed by atoms with Crippen LogP contribution in [-0.4, -0.2) is 19.1 Å². The second kappa shape index (κ2) is 4.68. The fraction of sp³-hybridized carbons (Fsp3) is 0.364. The second-order valence-electron chi connectivity index (χ2n) is 3.40. The number of carbonyl (C=O) groups excluding carboxylic acids is 1. The van der Waals surface area contributed by atoms with Gasteiger partial charge >= 0.3 is 0 Å². The molecule has 0 saturated carbocycles. The van der Waals surface area contributed by atoms with E-state index in [2.05, 4.69) is 0 Å². The number of nitrogens with two attached hydrogens (primary N) is 1. The molecule has 0 aliphatic heterocycles.